The number of benzene rings is 1. The molecule has 5 nitrogen and oxygen atoms in total. The summed E-state index contributed by atoms with van der Waals surface area (Å²) in [4.78, 5) is 0.0460. The van der Waals surface area contributed by atoms with Crippen molar-refractivity contribution in [3.05, 3.63) is 12.1 Å². The maximum absolute atomic E-state index is 12.2. The van der Waals surface area contributed by atoms with E-state index >= 15 is 0 Å². The van der Waals surface area contributed by atoms with Crippen molar-refractivity contribution < 1.29 is 17.9 Å². The number of ether oxygens (including phenoxy) is 2. The van der Waals surface area contributed by atoms with Crippen LogP contribution in [0.3, 0.4) is 0 Å². The van der Waals surface area contributed by atoms with Gasteiger partial charge in [0.05, 0.1) is 10.9 Å². The first kappa shape index (κ1) is 12.0. The number of hydrogen-bond donors (Lipinski definition) is 1. The second kappa shape index (κ2) is 4.10. The van der Waals surface area contributed by atoms with E-state index in [1.807, 2.05) is 0 Å². The molecule has 0 fully saturated rings. The number of fused-ring (bicyclic) bond motifs is 1. The molecule has 1 aromatic carbocycles. The average molecular weight is 257 g/mol. The minimum Gasteiger partial charge on any atom is -0.486 e. The maximum Gasteiger partial charge on any atom is 0.186 e. The molecule has 1 aliphatic heterocycles. The summed E-state index contributed by atoms with van der Waals surface area (Å²) in [6.45, 7) is 3.96. The van der Waals surface area contributed by atoms with Crippen molar-refractivity contribution in [1.29, 1.82) is 0 Å². The number of hydrogen-bond acceptors (Lipinski definition) is 5. The lowest BCUT2D eigenvalue weighted by Crippen LogP contribution is -2.21. The molecule has 0 atom stereocenters. The van der Waals surface area contributed by atoms with Crippen LogP contribution in [0.2, 0.25) is 0 Å². The van der Waals surface area contributed by atoms with Crippen molar-refractivity contribution in [2.75, 3.05) is 18.9 Å². The Labute approximate surface area is 100 Å². The lowest BCUT2D eigenvalue weighted by atomic mass is 10.2. The Morgan fingerprint density at radius 1 is 1.24 bits per heavy atom. The van der Waals surface area contributed by atoms with Gasteiger partial charge in [-0.2, -0.15) is 0 Å². The van der Waals surface area contributed by atoms with Crippen molar-refractivity contribution in [1.82, 2.24) is 0 Å². The lowest BCUT2D eigenvalue weighted by Gasteiger charge is -2.22. The van der Waals surface area contributed by atoms with Gasteiger partial charge in [0.2, 0.25) is 0 Å². The van der Waals surface area contributed by atoms with E-state index in [4.69, 9.17) is 15.2 Å². The fourth-order valence-corrected chi connectivity index (χ4v) is 2.92. The lowest BCUT2D eigenvalue weighted by molar-refractivity contribution is 0.167. The van der Waals surface area contributed by atoms with Gasteiger partial charge in [0, 0.05) is 0 Å². The Morgan fingerprint density at radius 3 is 2.53 bits per heavy atom. The van der Waals surface area contributed by atoms with Crippen LogP contribution in [-0.2, 0) is 9.84 Å². The van der Waals surface area contributed by atoms with Crippen LogP contribution in [0.1, 0.15) is 13.8 Å². The van der Waals surface area contributed by atoms with E-state index in [0.29, 0.717) is 19.0 Å². The smallest absolute Gasteiger partial charge is 0.186 e. The molecule has 0 radical (unpaired) electrons. The van der Waals surface area contributed by atoms with Crippen LogP contribution < -0.4 is 15.2 Å². The molecule has 0 aromatic heterocycles. The van der Waals surface area contributed by atoms with Gasteiger partial charge in [0.25, 0.3) is 0 Å². The second-order valence-electron chi connectivity index (χ2n) is 4.10. The van der Waals surface area contributed by atoms with Gasteiger partial charge < -0.3 is 15.2 Å². The van der Waals surface area contributed by atoms with Crippen LogP contribution in [0, 0.1) is 0 Å². The fraction of sp³-hybridized carbons (Fsp3) is 0.455. The Morgan fingerprint density at radius 2 is 1.88 bits per heavy atom. The summed E-state index contributed by atoms with van der Waals surface area (Å²) < 4.78 is 35.2. The van der Waals surface area contributed by atoms with Crippen LogP contribution in [-0.4, -0.2) is 26.9 Å². The average Bonchev–Trinajstić information content (AvgIpc) is 2.28. The Hall–Kier alpha value is -1.43. The van der Waals surface area contributed by atoms with Gasteiger partial charge >= 0.3 is 0 Å². The topological polar surface area (TPSA) is 78.6 Å². The largest absolute Gasteiger partial charge is 0.486 e. The zero-order valence-corrected chi connectivity index (χ0v) is 10.6. The molecule has 0 saturated heterocycles. The molecular weight excluding hydrogens is 242 g/mol. The number of nitrogen functional groups attached to an aromatic ring is 1. The molecule has 1 aliphatic rings. The first-order chi connectivity index (χ1) is 7.94. The van der Waals surface area contributed by atoms with Crippen molar-refractivity contribution in [2.24, 2.45) is 0 Å². The molecule has 0 aliphatic carbocycles. The van der Waals surface area contributed by atoms with E-state index in [1.165, 1.54) is 6.07 Å². The molecule has 6 heteroatoms. The molecule has 2 N–H and O–H groups in total. The summed E-state index contributed by atoms with van der Waals surface area (Å²) in [7, 11) is -3.48. The van der Waals surface area contributed by atoms with Gasteiger partial charge in [-0.1, -0.05) is 0 Å². The molecule has 0 unspecified atom stereocenters. The van der Waals surface area contributed by atoms with Crippen LogP contribution in [0.15, 0.2) is 17.0 Å². The summed E-state index contributed by atoms with van der Waals surface area (Å²) in [5.41, 5.74) is 5.95. The van der Waals surface area contributed by atoms with Crippen LogP contribution in [0.25, 0.3) is 0 Å². The minimum absolute atomic E-state index is 0.0460. The van der Waals surface area contributed by atoms with Crippen molar-refractivity contribution in [3.63, 3.8) is 0 Å². The van der Waals surface area contributed by atoms with E-state index in [-0.39, 0.29) is 16.3 Å². The predicted octanol–water partition coefficient (Wildman–Crippen LogP) is 1.22. The quantitative estimate of drug-likeness (QED) is 0.806. The highest BCUT2D eigenvalue weighted by Gasteiger charge is 2.30. The molecule has 17 heavy (non-hydrogen) atoms. The van der Waals surface area contributed by atoms with Crippen molar-refractivity contribution in [2.45, 2.75) is 24.0 Å². The predicted molar refractivity (Wildman–Crippen MR) is 64.2 cm³/mol. The van der Waals surface area contributed by atoms with Crippen molar-refractivity contribution in [3.8, 4) is 11.5 Å². The SMILES string of the molecule is CC(C)S(=O)(=O)c1c(N)ccc2c1OCCO2. The Bertz CT molecular complexity index is 537. The Balaban J connectivity index is 2.68. The van der Waals surface area contributed by atoms with Gasteiger partial charge in [-0.25, -0.2) is 8.42 Å². The number of anilines is 1. The first-order valence-corrected chi connectivity index (χ1v) is 6.91. The van der Waals surface area contributed by atoms with Crippen LogP contribution in [0.5, 0.6) is 11.5 Å². The Kier molecular flexibility index (Phi) is 2.91. The number of rotatable bonds is 2. The van der Waals surface area contributed by atoms with Crippen molar-refractivity contribution >= 4 is 15.5 Å². The summed E-state index contributed by atoms with van der Waals surface area (Å²) in [6.07, 6.45) is 0. The molecule has 1 heterocycles. The summed E-state index contributed by atoms with van der Waals surface area (Å²) in [5.74, 6) is 0.676. The molecule has 1 aromatic rings. The molecule has 0 amide bonds. The number of sulfone groups is 1. The normalized spacial score (nSPS) is 15.0. The van der Waals surface area contributed by atoms with Gasteiger partial charge in [0.1, 0.15) is 18.1 Å². The third-order valence-electron chi connectivity index (χ3n) is 2.60. The monoisotopic (exact) mass is 257 g/mol. The highest BCUT2D eigenvalue weighted by molar-refractivity contribution is 7.92. The molecule has 2 rings (SSSR count). The summed E-state index contributed by atoms with van der Waals surface area (Å²) in [5, 5.41) is -0.554. The second-order valence-corrected chi connectivity index (χ2v) is 6.54. The van der Waals surface area contributed by atoms with Crippen LogP contribution >= 0.6 is 0 Å². The molecular formula is C11H15NO4S. The van der Waals surface area contributed by atoms with E-state index < -0.39 is 15.1 Å². The van der Waals surface area contributed by atoms with Gasteiger partial charge in [-0.3, -0.25) is 0 Å². The standard InChI is InChI=1S/C11H15NO4S/c1-7(2)17(13,14)11-8(12)3-4-9-10(11)16-6-5-15-9/h3-4,7H,5-6,12H2,1-2H3. The van der Waals surface area contributed by atoms with Gasteiger partial charge in [-0.05, 0) is 26.0 Å². The molecule has 0 spiro atoms. The minimum atomic E-state index is -3.48. The van der Waals surface area contributed by atoms with E-state index in [1.54, 1.807) is 19.9 Å². The molecule has 0 saturated carbocycles. The zero-order valence-electron chi connectivity index (χ0n) is 9.76. The van der Waals surface area contributed by atoms with E-state index in [9.17, 15) is 8.42 Å². The van der Waals surface area contributed by atoms with Gasteiger partial charge in [-0.15, -0.1) is 0 Å². The highest BCUT2D eigenvalue weighted by Crippen LogP contribution is 2.41. The van der Waals surface area contributed by atoms with E-state index in [2.05, 4.69) is 0 Å². The highest BCUT2D eigenvalue weighted by atomic mass is 32.2. The third-order valence-corrected chi connectivity index (χ3v) is 4.83. The third kappa shape index (κ3) is 1.93. The molecule has 0 bridgehead atoms. The fourth-order valence-electron chi connectivity index (χ4n) is 1.63. The van der Waals surface area contributed by atoms with Gasteiger partial charge in [0.15, 0.2) is 21.3 Å². The maximum atomic E-state index is 12.2. The summed E-state index contributed by atoms with van der Waals surface area (Å²) >= 11 is 0. The van der Waals surface area contributed by atoms with Crippen LogP contribution in [0.4, 0.5) is 5.69 Å². The zero-order chi connectivity index (χ0) is 12.6. The molecule has 94 valence electrons. The first-order valence-electron chi connectivity index (χ1n) is 5.36. The number of nitrogens with two attached hydrogens (primary N) is 1. The van der Waals surface area contributed by atoms with E-state index in [0.717, 1.165) is 0 Å². The summed E-state index contributed by atoms with van der Waals surface area (Å²) in [6, 6.07) is 3.16.